The average molecular weight is 294 g/mol. The first-order valence-corrected chi connectivity index (χ1v) is 7.18. The molecule has 1 amide bonds. The molecule has 0 aromatic carbocycles. The lowest BCUT2D eigenvalue weighted by Crippen LogP contribution is -2.41. The summed E-state index contributed by atoms with van der Waals surface area (Å²) in [5.74, 6) is 0.326. The van der Waals surface area contributed by atoms with Gasteiger partial charge in [0.15, 0.2) is 0 Å². The molecule has 1 aromatic rings. The van der Waals surface area contributed by atoms with Crippen LogP contribution in [0.15, 0.2) is 23.1 Å². The van der Waals surface area contributed by atoms with E-state index in [1.807, 2.05) is 19.0 Å². The van der Waals surface area contributed by atoms with Crippen LogP contribution in [-0.4, -0.2) is 54.0 Å². The quantitative estimate of drug-likeness (QED) is 0.794. The fourth-order valence-corrected chi connectivity index (χ4v) is 2.00. The Bertz CT molecular complexity index is 523. The second-order valence-corrected chi connectivity index (χ2v) is 5.97. The molecular weight excluding hydrogens is 268 g/mol. The summed E-state index contributed by atoms with van der Waals surface area (Å²) in [4.78, 5) is 28.0. The van der Waals surface area contributed by atoms with Crippen molar-refractivity contribution < 1.29 is 4.79 Å². The highest BCUT2D eigenvalue weighted by Crippen LogP contribution is 2.02. The molecule has 0 radical (unpaired) electrons. The molecule has 6 heteroatoms. The number of anilines is 1. The summed E-state index contributed by atoms with van der Waals surface area (Å²) in [6.45, 7) is 6.31. The van der Waals surface area contributed by atoms with Crippen LogP contribution in [0.3, 0.4) is 0 Å². The summed E-state index contributed by atoms with van der Waals surface area (Å²) < 4.78 is 1.36. The number of rotatable bonds is 7. The third kappa shape index (κ3) is 5.99. The molecule has 0 spiro atoms. The molecule has 0 unspecified atom stereocenters. The highest BCUT2D eigenvalue weighted by Gasteiger charge is 2.16. The van der Waals surface area contributed by atoms with E-state index in [9.17, 15) is 9.59 Å². The summed E-state index contributed by atoms with van der Waals surface area (Å²) in [6, 6.07) is 2.93. The molecule has 0 aliphatic rings. The second kappa shape index (κ2) is 7.83. The lowest BCUT2D eigenvalue weighted by Gasteiger charge is -2.26. The average Bonchev–Trinajstić information content (AvgIpc) is 2.38. The minimum absolute atomic E-state index is 0.0318. The lowest BCUT2D eigenvalue weighted by molar-refractivity contribution is -0.132. The van der Waals surface area contributed by atoms with E-state index in [1.165, 1.54) is 16.8 Å². The minimum atomic E-state index is -0.213. The number of aromatic nitrogens is 1. The number of hydrogen-bond acceptors (Lipinski definition) is 4. The minimum Gasteiger partial charge on any atom is -0.398 e. The molecule has 118 valence electrons. The Kier molecular flexibility index (Phi) is 6.42. The summed E-state index contributed by atoms with van der Waals surface area (Å²) in [6.07, 6.45) is 1.51. The molecule has 6 nitrogen and oxygen atoms in total. The van der Waals surface area contributed by atoms with E-state index in [2.05, 4.69) is 13.8 Å². The first-order valence-electron chi connectivity index (χ1n) is 7.18. The van der Waals surface area contributed by atoms with Crippen molar-refractivity contribution in [3.8, 4) is 0 Å². The predicted octanol–water partition coefficient (Wildman–Crippen LogP) is 0.477. The van der Waals surface area contributed by atoms with Crippen LogP contribution in [0.5, 0.6) is 0 Å². The Morgan fingerprint density at radius 1 is 1.29 bits per heavy atom. The number of nitrogens with two attached hydrogens (primary N) is 1. The summed E-state index contributed by atoms with van der Waals surface area (Å²) >= 11 is 0. The zero-order chi connectivity index (χ0) is 16.0. The van der Waals surface area contributed by atoms with Crippen LogP contribution in [0.1, 0.15) is 13.8 Å². The molecule has 1 rings (SSSR count). The van der Waals surface area contributed by atoms with Crippen LogP contribution in [-0.2, 0) is 11.3 Å². The Labute approximate surface area is 126 Å². The van der Waals surface area contributed by atoms with Crippen molar-refractivity contribution in [2.75, 3.05) is 39.5 Å². The zero-order valence-electron chi connectivity index (χ0n) is 13.4. The van der Waals surface area contributed by atoms with Crippen molar-refractivity contribution in [2.24, 2.45) is 5.92 Å². The SMILES string of the molecule is CC(C)CN(CCN(C)C)C(=O)Cn1cc(N)ccc1=O. The van der Waals surface area contributed by atoms with Gasteiger partial charge in [0.2, 0.25) is 5.91 Å². The normalized spacial score (nSPS) is 11.1. The van der Waals surface area contributed by atoms with Crippen LogP contribution < -0.4 is 11.3 Å². The van der Waals surface area contributed by atoms with E-state index in [-0.39, 0.29) is 18.0 Å². The van der Waals surface area contributed by atoms with Crippen molar-refractivity contribution in [1.29, 1.82) is 0 Å². The summed E-state index contributed by atoms with van der Waals surface area (Å²) in [5, 5.41) is 0. The molecule has 0 saturated carbocycles. The molecule has 1 aromatic heterocycles. The van der Waals surface area contributed by atoms with Gasteiger partial charge in [-0.3, -0.25) is 9.59 Å². The van der Waals surface area contributed by atoms with Crippen molar-refractivity contribution in [1.82, 2.24) is 14.4 Å². The molecule has 0 fully saturated rings. The maximum Gasteiger partial charge on any atom is 0.251 e. The second-order valence-electron chi connectivity index (χ2n) is 5.97. The number of likely N-dealkylation sites (N-methyl/N-ethyl adjacent to an activating group) is 1. The predicted molar refractivity (Wildman–Crippen MR) is 85.1 cm³/mol. The largest absolute Gasteiger partial charge is 0.398 e. The van der Waals surface area contributed by atoms with E-state index in [4.69, 9.17) is 5.73 Å². The number of hydrogen-bond donors (Lipinski definition) is 1. The molecule has 21 heavy (non-hydrogen) atoms. The standard InChI is InChI=1S/C15H26N4O2/c1-12(2)9-18(8-7-17(3)4)15(21)11-19-10-13(16)5-6-14(19)20/h5-6,10,12H,7-9,11,16H2,1-4H3. The van der Waals surface area contributed by atoms with E-state index >= 15 is 0 Å². The third-order valence-electron chi connectivity index (χ3n) is 3.07. The van der Waals surface area contributed by atoms with Crippen LogP contribution in [0.25, 0.3) is 0 Å². The van der Waals surface area contributed by atoms with Crippen LogP contribution in [0, 0.1) is 5.92 Å². The maximum atomic E-state index is 12.4. The van der Waals surface area contributed by atoms with Gasteiger partial charge in [0.1, 0.15) is 6.54 Å². The zero-order valence-corrected chi connectivity index (χ0v) is 13.4. The Morgan fingerprint density at radius 2 is 1.95 bits per heavy atom. The Balaban J connectivity index is 2.79. The molecule has 0 saturated heterocycles. The fraction of sp³-hybridized carbons (Fsp3) is 0.600. The number of carbonyl (C=O) groups is 1. The van der Waals surface area contributed by atoms with Crippen LogP contribution >= 0.6 is 0 Å². The molecule has 0 atom stereocenters. The van der Waals surface area contributed by atoms with Gasteiger partial charge in [0.05, 0.1) is 0 Å². The van der Waals surface area contributed by atoms with E-state index in [0.717, 1.165) is 6.54 Å². The van der Waals surface area contributed by atoms with Gasteiger partial charge in [-0.2, -0.15) is 0 Å². The van der Waals surface area contributed by atoms with Gasteiger partial charge in [0.25, 0.3) is 5.56 Å². The molecule has 2 N–H and O–H groups in total. The summed E-state index contributed by atoms with van der Waals surface area (Å²) in [7, 11) is 3.95. The molecular formula is C15H26N4O2. The first kappa shape index (κ1) is 17.2. The number of nitrogen functional groups attached to an aromatic ring is 1. The van der Waals surface area contributed by atoms with Crippen LogP contribution in [0.4, 0.5) is 5.69 Å². The first-order chi connectivity index (χ1) is 9.79. The van der Waals surface area contributed by atoms with Crippen molar-refractivity contribution in [3.05, 3.63) is 28.7 Å². The molecule has 0 aliphatic heterocycles. The smallest absolute Gasteiger partial charge is 0.251 e. The lowest BCUT2D eigenvalue weighted by atomic mass is 10.2. The third-order valence-corrected chi connectivity index (χ3v) is 3.07. The van der Waals surface area contributed by atoms with Gasteiger partial charge in [-0.05, 0) is 26.1 Å². The summed E-state index contributed by atoms with van der Waals surface area (Å²) in [5.41, 5.74) is 5.93. The van der Waals surface area contributed by atoms with E-state index < -0.39 is 0 Å². The van der Waals surface area contributed by atoms with Gasteiger partial charge < -0.3 is 20.1 Å². The number of pyridine rings is 1. The maximum absolute atomic E-state index is 12.4. The van der Waals surface area contributed by atoms with Gasteiger partial charge >= 0.3 is 0 Å². The molecule has 0 aliphatic carbocycles. The topological polar surface area (TPSA) is 71.6 Å². The Morgan fingerprint density at radius 3 is 2.52 bits per heavy atom. The van der Waals surface area contributed by atoms with Gasteiger partial charge in [-0.25, -0.2) is 0 Å². The fourth-order valence-electron chi connectivity index (χ4n) is 2.00. The van der Waals surface area contributed by atoms with Crippen LogP contribution in [0.2, 0.25) is 0 Å². The number of amides is 1. The number of nitrogens with zero attached hydrogens (tertiary/aromatic N) is 3. The van der Waals surface area contributed by atoms with Gasteiger partial charge in [-0.15, -0.1) is 0 Å². The van der Waals surface area contributed by atoms with E-state index in [0.29, 0.717) is 24.7 Å². The highest BCUT2D eigenvalue weighted by molar-refractivity contribution is 5.76. The van der Waals surface area contributed by atoms with Crippen molar-refractivity contribution in [3.63, 3.8) is 0 Å². The van der Waals surface area contributed by atoms with Gasteiger partial charge in [0, 0.05) is 37.6 Å². The van der Waals surface area contributed by atoms with Gasteiger partial charge in [-0.1, -0.05) is 13.8 Å². The highest BCUT2D eigenvalue weighted by atomic mass is 16.2. The molecule has 1 heterocycles. The number of carbonyl (C=O) groups excluding carboxylic acids is 1. The molecule has 0 bridgehead atoms. The Hall–Kier alpha value is -1.82. The van der Waals surface area contributed by atoms with Crippen molar-refractivity contribution >= 4 is 11.6 Å². The monoisotopic (exact) mass is 294 g/mol. The van der Waals surface area contributed by atoms with Crippen molar-refractivity contribution in [2.45, 2.75) is 20.4 Å². The van der Waals surface area contributed by atoms with E-state index in [1.54, 1.807) is 11.0 Å².